The molecule has 4 rings (SSSR count). The fourth-order valence-electron chi connectivity index (χ4n) is 3.75. The van der Waals surface area contributed by atoms with Crippen LogP contribution in [0.25, 0.3) is 11.5 Å². The van der Waals surface area contributed by atoms with Gasteiger partial charge in [-0.2, -0.15) is 0 Å². The van der Waals surface area contributed by atoms with Gasteiger partial charge in [-0.05, 0) is 31.5 Å². The third-order valence-electron chi connectivity index (χ3n) is 5.24. The molecular weight excluding hydrogens is 364 g/mol. The van der Waals surface area contributed by atoms with Gasteiger partial charge < -0.3 is 4.98 Å². The molecular formula is C22H26N6O. The number of pyridine rings is 1. The third kappa shape index (κ3) is 4.74. The molecule has 1 aliphatic rings. The van der Waals surface area contributed by atoms with E-state index in [-0.39, 0.29) is 11.5 Å². The van der Waals surface area contributed by atoms with Crippen molar-refractivity contribution in [2.75, 3.05) is 13.1 Å². The zero-order valence-corrected chi connectivity index (χ0v) is 16.9. The van der Waals surface area contributed by atoms with E-state index in [0.717, 1.165) is 49.6 Å². The first-order valence-corrected chi connectivity index (χ1v) is 10.1. The summed E-state index contributed by atoms with van der Waals surface area (Å²) in [5.74, 6) is 1.96. The molecule has 0 saturated carbocycles. The molecule has 1 atom stereocenters. The molecule has 1 aliphatic heterocycles. The monoisotopic (exact) mass is 390 g/mol. The summed E-state index contributed by atoms with van der Waals surface area (Å²) in [6.45, 7) is 6.89. The van der Waals surface area contributed by atoms with Gasteiger partial charge in [0.2, 0.25) is 0 Å². The highest BCUT2D eigenvalue weighted by Crippen LogP contribution is 2.26. The Balaban J connectivity index is 1.50. The summed E-state index contributed by atoms with van der Waals surface area (Å²) in [7, 11) is 0. The average Bonchev–Trinajstić information content (AvgIpc) is 2.74. The number of nitrogens with one attached hydrogen (secondary N) is 1. The molecule has 0 spiro atoms. The molecule has 1 fully saturated rings. The highest BCUT2D eigenvalue weighted by atomic mass is 16.1. The first kappa shape index (κ1) is 19.4. The molecule has 0 amide bonds. The fourth-order valence-corrected chi connectivity index (χ4v) is 3.75. The van der Waals surface area contributed by atoms with Gasteiger partial charge in [-0.25, -0.2) is 15.0 Å². The number of aromatic nitrogens is 5. The van der Waals surface area contributed by atoms with Crippen molar-refractivity contribution in [1.82, 2.24) is 29.8 Å². The maximum absolute atomic E-state index is 12.2. The van der Waals surface area contributed by atoms with Crippen molar-refractivity contribution in [3.8, 4) is 11.5 Å². The van der Waals surface area contributed by atoms with E-state index in [4.69, 9.17) is 4.98 Å². The zero-order chi connectivity index (χ0) is 20.2. The lowest BCUT2D eigenvalue weighted by molar-refractivity contribution is 0.198. The van der Waals surface area contributed by atoms with Crippen LogP contribution in [-0.2, 0) is 6.54 Å². The second kappa shape index (κ2) is 8.61. The topological polar surface area (TPSA) is 87.7 Å². The van der Waals surface area contributed by atoms with E-state index in [9.17, 15) is 4.79 Å². The first-order chi connectivity index (χ1) is 14.1. The number of rotatable bonds is 5. The van der Waals surface area contributed by atoms with E-state index in [1.54, 1.807) is 12.3 Å². The molecule has 0 bridgehead atoms. The number of hydrogen-bond acceptors (Lipinski definition) is 6. The molecule has 7 nitrogen and oxygen atoms in total. The summed E-state index contributed by atoms with van der Waals surface area (Å²) in [6.07, 6.45) is 7.66. The minimum Gasteiger partial charge on any atom is -0.305 e. The molecule has 7 heteroatoms. The number of aromatic amines is 1. The third-order valence-corrected chi connectivity index (χ3v) is 5.24. The highest BCUT2D eigenvalue weighted by Gasteiger charge is 2.23. The van der Waals surface area contributed by atoms with Crippen molar-refractivity contribution < 1.29 is 0 Å². The minimum absolute atomic E-state index is 0.134. The van der Waals surface area contributed by atoms with Crippen LogP contribution in [0.3, 0.4) is 0 Å². The van der Waals surface area contributed by atoms with Gasteiger partial charge in [0.25, 0.3) is 5.56 Å². The Morgan fingerprint density at radius 1 is 1.21 bits per heavy atom. The van der Waals surface area contributed by atoms with Crippen LogP contribution in [0.5, 0.6) is 0 Å². The van der Waals surface area contributed by atoms with Crippen LogP contribution in [0.4, 0.5) is 0 Å². The Bertz CT molecular complexity index is 1000. The fraction of sp³-hybridized carbons (Fsp3) is 0.409. The van der Waals surface area contributed by atoms with E-state index in [2.05, 4.69) is 38.7 Å². The van der Waals surface area contributed by atoms with Gasteiger partial charge in [-0.1, -0.05) is 19.9 Å². The summed E-state index contributed by atoms with van der Waals surface area (Å²) in [6, 6.07) is 7.23. The van der Waals surface area contributed by atoms with Crippen LogP contribution >= 0.6 is 0 Å². The molecule has 0 radical (unpaired) electrons. The first-order valence-electron chi connectivity index (χ1n) is 10.1. The number of H-pyrrole nitrogens is 1. The predicted molar refractivity (Wildman–Crippen MR) is 111 cm³/mol. The normalized spacial score (nSPS) is 17.6. The van der Waals surface area contributed by atoms with E-state index >= 15 is 0 Å². The van der Waals surface area contributed by atoms with Crippen molar-refractivity contribution in [3.05, 3.63) is 70.3 Å². The van der Waals surface area contributed by atoms with Crippen LogP contribution in [0, 0.1) is 0 Å². The van der Waals surface area contributed by atoms with Crippen molar-refractivity contribution >= 4 is 0 Å². The second-order valence-corrected chi connectivity index (χ2v) is 7.91. The predicted octanol–water partition coefficient (Wildman–Crippen LogP) is 3.12. The van der Waals surface area contributed by atoms with Gasteiger partial charge in [0.15, 0.2) is 5.82 Å². The summed E-state index contributed by atoms with van der Waals surface area (Å²) in [4.78, 5) is 35.4. The molecule has 1 N–H and O–H groups in total. The maximum atomic E-state index is 12.2. The van der Waals surface area contributed by atoms with Gasteiger partial charge in [0.1, 0.15) is 11.5 Å². The van der Waals surface area contributed by atoms with E-state index in [0.29, 0.717) is 17.4 Å². The second-order valence-electron chi connectivity index (χ2n) is 7.91. The standard InChI is InChI=1S/C22H26N6O/c1-15(2)21-24-11-16(12-25-21)13-28-9-5-6-17(14-28)19-10-20(29)27-22(26-19)18-7-3-4-8-23-18/h3-4,7-8,10-12,15,17H,5-6,9,13-14H2,1-2H3,(H,26,27,29)/t17-/m0/s1. The van der Waals surface area contributed by atoms with Crippen molar-refractivity contribution in [1.29, 1.82) is 0 Å². The molecule has 29 heavy (non-hydrogen) atoms. The molecule has 150 valence electrons. The van der Waals surface area contributed by atoms with Gasteiger partial charge >= 0.3 is 0 Å². The summed E-state index contributed by atoms with van der Waals surface area (Å²) >= 11 is 0. The lowest BCUT2D eigenvalue weighted by Crippen LogP contribution is -2.34. The van der Waals surface area contributed by atoms with Gasteiger partial charge in [-0.3, -0.25) is 14.7 Å². The van der Waals surface area contributed by atoms with Gasteiger partial charge in [0.05, 0.1) is 5.69 Å². The van der Waals surface area contributed by atoms with E-state index < -0.39 is 0 Å². The Kier molecular flexibility index (Phi) is 5.76. The van der Waals surface area contributed by atoms with Gasteiger partial charge in [0, 0.05) is 55.1 Å². The van der Waals surface area contributed by atoms with Crippen LogP contribution < -0.4 is 5.56 Å². The van der Waals surface area contributed by atoms with Crippen LogP contribution in [0.15, 0.2) is 47.7 Å². The quantitative estimate of drug-likeness (QED) is 0.720. The van der Waals surface area contributed by atoms with Crippen molar-refractivity contribution in [2.24, 2.45) is 0 Å². The molecule has 0 aromatic carbocycles. The molecule has 3 aromatic rings. The number of piperidine rings is 1. The lowest BCUT2D eigenvalue weighted by atomic mass is 9.94. The Morgan fingerprint density at radius 3 is 2.76 bits per heavy atom. The number of likely N-dealkylation sites (tertiary alicyclic amines) is 1. The Morgan fingerprint density at radius 2 is 2.03 bits per heavy atom. The average molecular weight is 390 g/mol. The van der Waals surface area contributed by atoms with Crippen LogP contribution in [0.1, 0.15) is 55.6 Å². The summed E-state index contributed by atoms with van der Waals surface area (Å²) in [5.41, 5.74) is 2.50. The Hall–Kier alpha value is -2.93. The molecule has 0 aliphatic carbocycles. The SMILES string of the molecule is CC(C)c1ncc(CN2CCC[C@H](c3cc(=O)[nH]c(-c4ccccn4)n3)C2)cn1. The number of nitrogens with zero attached hydrogens (tertiary/aromatic N) is 5. The van der Waals surface area contributed by atoms with E-state index in [1.165, 1.54) is 0 Å². The number of hydrogen-bond donors (Lipinski definition) is 1. The smallest absolute Gasteiger partial charge is 0.251 e. The maximum Gasteiger partial charge on any atom is 0.251 e. The zero-order valence-electron chi connectivity index (χ0n) is 16.9. The largest absolute Gasteiger partial charge is 0.305 e. The molecule has 0 unspecified atom stereocenters. The van der Waals surface area contributed by atoms with Crippen molar-refractivity contribution in [2.45, 2.75) is 45.1 Å². The van der Waals surface area contributed by atoms with Gasteiger partial charge in [-0.15, -0.1) is 0 Å². The van der Waals surface area contributed by atoms with Crippen LogP contribution in [0.2, 0.25) is 0 Å². The van der Waals surface area contributed by atoms with E-state index in [1.807, 2.05) is 30.6 Å². The summed E-state index contributed by atoms with van der Waals surface area (Å²) < 4.78 is 0. The molecule has 3 aromatic heterocycles. The lowest BCUT2D eigenvalue weighted by Gasteiger charge is -2.32. The molecule has 1 saturated heterocycles. The molecule has 4 heterocycles. The highest BCUT2D eigenvalue weighted by molar-refractivity contribution is 5.48. The van der Waals surface area contributed by atoms with Crippen molar-refractivity contribution in [3.63, 3.8) is 0 Å². The summed E-state index contributed by atoms with van der Waals surface area (Å²) in [5, 5.41) is 0. The Labute approximate surface area is 170 Å². The van der Waals surface area contributed by atoms with Crippen LogP contribution in [-0.4, -0.2) is 42.9 Å². The minimum atomic E-state index is -0.134.